The Morgan fingerprint density at radius 2 is 1.07 bits per heavy atom. The lowest BCUT2D eigenvalue weighted by Gasteiger charge is -2.09. The van der Waals surface area contributed by atoms with Crippen LogP contribution in [0.5, 0.6) is 0 Å². The van der Waals surface area contributed by atoms with Gasteiger partial charge >= 0.3 is 11.9 Å². The molecule has 0 aromatic heterocycles. The van der Waals surface area contributed by atoms with Gasteiger partial charge in [-0.1, -0.05) is 74.5 Å². The molecule has 4 rings (SSSR count). The molecule has 0 aliphatic carbocycles. The van der Waals surface area contributed by atoms with E-state index in [0.29, 0.717) is 11.1 Å². The second-order valence-electron chi connectivity index (χ2n) is 7.17. The zero-order valence-corrected chi connectivity index (χ0v) is 17.0. The first-order valence-electron chi connectivity index (χ1n) is 10.1. The average Bonchev–Trinajstić information content (AvgIpc) is 2.80. The van der Waals surface area contributed by atoms with E-state index in [1.54, 1.807) is 24.3 Å². The minimum Gasteiger partial charge on any atom is -0.241 e. The SMILES string of the molecule is CCc1ccc2c(C(=O)OOC(=O)c3cccc4cc(CC)ccc34)cccc2c1. The maximum Gasteiger partial charge on any atom is 0.386 e. The first kappa shape index (κ1) is 19.6. The van der Waals surface area contributed by atoms with E-state index in [0.717, 1.165) is 34.4 Å². The van der Waals surface area contributed by atoms with Gasteiger partial charge in [0.15, 0.2) is 0 Å². The van der Waals surface area contributed by atoms with E-state index in [-0.39, 0.29) is 0 Å². The summed E-state index contributed by atoms with van der Waals surface area (Å²) in [6.07, 6.45) is 1.82. The summed E-state index contributed by atoms with van der Waals surface area (Å²) in [7, 11) is 0. The molecule has 4 heteroatoms. The van der Waals surface area contributed by atoms with Crippen LogP contribution < -0.4 is 0 Å². The van der Waals surface area contributed by atoms with Crippen LogP contribution in [0.25, 0.3) is 21.5 Å². The fourth-order valence-electron chi connectivity index (χ4n) is 3.63. The summed E-state index contributed by atoms with van der Waals surface area (Å²) in [5.74, 6) is -1.40. The molecule has 4 aromatic rings. The van der Waals surface area contributed by atoms with Crippen LogP contribution >= 0.6 is 0 Å². The van der Waals surface area contributed by atoms with Gasteiger partial charge in [0.1, 0.15) is 0 Å². The summed E-state index contributed by atoms with van der Waals surface area (Å²) < 4.78 is 0. The highest BCUT2D eigenvalue weighted by Crippen LogP contribution is 2.23. The number of rotatable bonds is 4. The van der Waals surface area contributed by atoms with Crippen molar-refractivity contribution in [3.63, 3.8) is 0 Å². The van der Waals surface area contributed by atoms with Crippen LogP contribution in [0, 0.1) is 0 Å². The van der Waals surface area contributed by atoms with Crippen molar-refractivity contribution in [1.29, 1.82) is 0 Å². The van der Waals surface area contributed by atoms with E-state index >= 15 is 0 Å². The van der Waals surface area contributed by atoms with Gasteiger partial charge < -0.3 is 0 Å². The van der Waals surface area contributed by atoms with Gasteiger partial charge in [-0.25, -0.2) is 19.4 Å². The predicted octanol–water partition coefficient (Wildman–Crippen LogP) is 6.05. The Kier molecular flexibility index (Phi) is 5.48. The summed E-state index contributed by atoms with van der Waals surface area (Å²) in [6, 6.07) is 22.6. The highest BCUT2D eigenvalue weighted by atomic mass is 17.2. The molecular weight excluding hydrogens is 376 g/mol. The van der Waals surface area contributed by atoms with Crippen molar-refractivity contribution in [1.82, 2.24) is 0 Å². The molecule has 0 unspecified atom stereocenters. The zero-order valence-electron chi connectivity index (χ0n) is 17.0. The standard InChI is InChI=1S/C26H22O4/c1-3-17-11-13-21-19(15-17)7-5-9-23(21)25(27)29-30-26(28)24-10-6-8-20-16-18(4-2)12-14-22(20)24/h5-16H,3-4H2,1-2H3. The van der Waals surface area contributed by atoms with Crippen molar-refractivity contribution in [2.75, 3.05) is 0 Å². The second-order valence-corrected chi connectivity index (χ2v) is 7.17. The van der Waals surface area contributed by atoms with E-state index in [9.17, 15) is 9.59 Å². The molecule has 0 radical (unpaired) electrons. The molecule has 30 heavy (non-hydrogen) atoms. The Morgan fingerprint density at radius 1 is 0.633 bits per heavy atom. The third-order valence-electron chi connectivity index (χ3n) is 5.34. The number of aryl methyl sites for hydroxylation is 2. The van der Waals surface area contributed by atoms with Crippen molar-refractivity contribution < 1.29 is 19.4 Å². The molecule has 4 aromatic carbocycles. The van der Waals surface area contributed by atoms with Gasteiger partial charge in [-0.2, -0.15) is 0 Å². The van der Waals surface area contributed by atoms with E-state index in [4.69, 9.17) is 9.78 Å². The van der Waals surface area contributed by atoms with Crippen LogP contribution in [-0.4, -0.2) is 11.9 Å². The van der Waals surface area contributed by atoms with Gasteiger partial charge in [0, 0.05) is 0 Å². The molecule has 0 aliphatic rings. The topological polar surface area (TPSA) is 52.6 Å². The molecule has 0 fully saturated rings. The number of hydrogen-bond acceptors (Lipinski definition) is 4. The van der Waals surface area contributed by atoms with Crippen LogP contribution in [0.1, 0.15) is 45.7 Å². The lowest BCUT2D eigenvalue weighted by molar-refractivity contribution is -0.187. The maximum atomic E-state index is 12.6. The van der Waals surface area contributed by atoms with Gasteiger partial charge in [0.2, 0.25) is 0 Å². The van der Waals surface area contributed by atoms with Crippen LogP contribution in [0.4, 0.5) is 0 Å². The number of carbonyl (C=O) groups excluding carboxylic acids is 2. The van der Waals surface area contributed by atoms with Gasteiger partial charge in [-0.3, -0.25) is 0 Å². The first-order chi connectivity index (χ1) is 14.6. The summed E-state index contributed by atoms with van der Waals surface area (Å²) >= 11 is 0. The van der Waals surface area contributed by atoms with Gasteiger partial charge in [-0.05, 0) is 57.6 Å². The number of carbonyl (C=O) groups is 2. The molecule has 150 valence electrons. The Bertz CT molecular complexity index is 1160. The molecule has 0 spiro atoms. The van der Waals surface area contributed by atoms with Crippen molar-refractivity contribution in [2.45, 2.75) is 26.7 Å². The van der Waals surface area contributed by atoms with Crippen molar-refractivity contribution in [3.05, 3.63) is 95.1 Å². The number of benzene rings is 4. The van der Waals surface area contributed by atoms with Crippen molar-refractivity contribution in [2.24, 2.45) is 0 Å². The first-order valence-corrected chi connectivity index (χ1v) is 10.1. The van der Waals surface area contributed by atoms with Crippen LogP contribution in [0.15, 0.2) is 72.8 Å². The largest absolute Gasteiger partial charge is 0.386 e. The van der Waals surface area contributed by atoms with E-state index in [1.165, 1.54) is 11.1 Å². The van der Waals surface area contributed by atoms with Crippen LogP contribution in [0.3, 0.4) is 0 Å². The predicted molar refractivity (Wildman–Crippen MR) is 117 cm³/mol. The average molecular weight is 398 g/mol. The number of fused-ring (bicyclic) bond motifs is 2. The molecule has 0 bridgehead atoms. The minimum atomic E-state index is -0.702. The lowest BCUT2D eigenvalue weighted by atomic mass is 10.0. The van der Waals surface area contributed by atoms with Crippen LogP contribution in [-0.2, 0) is 22.6 Å². The molecule has 0 amide bonds. The van der Waals surface area contributed by atoms with E-state index in [2.05, 4.69) is 13.8 Å². The van der Waals surface area contributed by atoms with E-state index < -0.39 is 11.9 Å². The third kappa shape index (κ3) is 3.77. The quantitative estimate of drug-likeness (QED) is 0.310. The summed E-state index contributed by atoms with van der Waals surface area (Å²) in [5, 5.41) is 3.40. The highest BCUT2D eigenvalue weighted by molar-refractivity contribution is 6.06. The Morgan fingerprint density at radius 3 is 1.47 bits per heavy atom. The van der Waals surface area contributed by atoms with Crippen molar-refractivity contribution in [3.8, 4) is 0 Å². The highest BCUT2D eigenvalue weighted by Gasteiger charge is 2.18. The molecule has 0 saturated carbocycles. The summed E-state index contributed by atoms with van der Waals surface area (Å²) in [4.78, 5) is 35.0. The third-order valence-corrected chi connectivity index (χ3v) is 5.34. The number of hydrogen-bond donors (Lipinski definition) is 0. The molecule has 0 atom stereocenters. The molecule has 0 N–H and O–H groups in total. The van der Waals surface area contributed by atoms with Gasteiger partial charge in [-0.15, -0.1) is 0 Å². The molecule has 0 aliphatic heterocycles. The molecule has 0 heterocycles. The smallest absolute Gasteiger partial charge is 0.241 e. The molecule has 0 saturated heterocycles. The van der Waals surface area contributed by atoms with Gasteiger partial charge in [0.25, 0.3) is 0 Å². The van der Waals surface area contributed by atoms with Crippen LogP contribution in [0.2, 0.25) is 0 Å². The Balaban J connectivity index is 1.55. The van der Waals surface area contributed by atoms with Crippen molar-refractivity contribution >= 4 is 33.5 Å². The fourth-order valence-corrected chi connectivity index (χ4v) is 3.63. The monoisotopic (exact) mass is 398 g/mol. The summed E-state index contributed by atoms with van der Waals surface area (Å²) in [5.41, 5.74) is 3.07. The normalized spacial score (nSPS) is 10.9. The second kappa shape index (κ2) is 8.37. The van der Waals surface area contributed by atoms with Gasteiger partial charge in [0.05, 0.1) is 11.1 Å². The fraction of sp³-hybridized carbons (Fsp3) is 0.154. The maximum absolute atomic E-state index is 12.6. The lowest BCUT2D eigenvalue weighted by Crippen LogP contribution is -2.12. The zero-order chi connectivity index (χ0) is 21.1. The molecule has 4 nitrogen and oxygen atoms in total. The minimum absolute atomic E-state index is 0.355. The van der Waals surface area contributed by atoms with E-state index in [1.807, 2.05) is 48.5 Å². The summed E-state index contributed by atoms with van der Waals surface area (Å²) in [6.45, 7) is 4.16. The molecular formula is C26H22O4. The Hall–Kier alpha value is -3.66. The Labute approximate surface area is 175 Å².